The number of primary sulfonamides is 1. The van der Waals surface area contributed by atoms with Crippen molar-refractivity contribution in [2.24, 2.45) is 5.14 Å². The predicted octanol–water partition coefficient (Wildman–Crippen LogP) is 0.615. The zero-order chi connectivity index (χ0) is 13.8. The summed E-state index contributed by atoms with van der Waals surface area (Å²) in [6.45, 7) is 2.21. The molecule has 0 aromatic carbocycles. The lowest BCUT2D eigenvalue weighted by atomic mass is 10.3. The average molecular weight is 274 g/mol. The minimum absolute atomic E-state index is 0.132. The van der Waals surface area contributed by atoms with Crippen LogP contribution >= 0.6 is 0 Å². The highest BCUT2D eigenvalue weighted by Gasteiger charge is 2.12. The normalized spacial score (nSPS) is 11.5. The summed E-state index contributed by atoms with van der Waals surface area (Å²) in [7, 11) is -1.84. The van der Waals surface area contributed by atoms with E-state index in [2.05, 4.69) is 0 Å². The number of sulfonamides is 1. The maximum Gasteiger partial charge on any atom is 0.222 e. The zero-order valence-corrected chi connectivity index (χ0v) is 11.4. The molecule has 0 bridgehead atoms. The molecular weight excluding hydrogens is 256 g/mol. The third-order valence-corrected chi connectivity index (χ3v) is 3.29. The second-order valence-corrected chi connectivity index (χ2v) is 5.97. The Kier molecular flexibility index (Phi) is 4.92. The van der Waals surface area contributed by atoms with Crippen molar-refractivity contribution < 1.29 is 17.6 Å². The lowest BCUT2D eigenvalue weighted by molar-refractivity contribution is -0.130. The Balaban J connectivity index is 2.37. The number of nitrogens with zero attached hydrogens (tertiary/aromatic N) is 1. The lowest BCUT2D eigenvalue weighted by Gasteiger charge is -2.15. The summed E-state index contributed by atoms with van der Waals surface area (Å²) in [5.41, 5.74) is 0. The van der Waals surface area contributed by atoms with Crippen molar-refractivity contribution in [1.82, 2.24) is 4.90 Å². The SMILES string of the molecule is Cc1ccc(CN(C)C(=O)CCCS(N)(=O)=O)o1. The van der Waals surface area contributed by atoms with Gasteiger partial charge < -0.3 is 9.32 Å². The first-order chi connectivity index (χ1) is 8.28. The van der Waals surface area contributed by atoms with E-state index in [0.29, 0.717) is 12.3 Å². The van der Waals surface area contributed by atoms with Gasteiger partial charge in [-0.2, -0.15) is 0 Å². The first-order valence-electron chi connectivity index (χ1n) is 5.57. The molecule has 0 aliphatic rings. The highest BCUT2D eigenvalue weighted by atomic mass is 32.2. The van der Waals surface area contributed by atoms with Crippen molar-refractivity contribution >= 4 is 15.9 Å². The molecule has 0 aliphatic carbocycles. The first kappa shape index (κ1) is 14.7. The fraction of sp³-hybridized carbons (Fsp3) is 0.545. The van der Waals surface area contributed by atoms with E-state index in [-0.39, 0.29) is 24.5 Å². The first-order valence-corrected chi connectivity index (χ1v) is 7.29. The molecule has 0 radical (unpaired) electrons. The maximum atomic E-state index is 11.7. The quantitative estimate of drug-likeness (QED) is 0.822. The van der Waals surface area contributed by atoms with Crippen molar-refractivity contribution in [1.29, 1.82) is 0 Å². The topological polar surface area (TPSA) is 93.6 Å². The number of furan rings is 1. The van der Waals surface area contributed by atoms with Crippen molar-refractivity contribution in [3.05, 3.63) is 23.7 Å². The third kappa shape index (κ3) is 5.33. The van der Waals surface area contributed by atoms with E-state index >= 15 is 0 Å². The van der Waals surface area contributed by atoms with Crippen LogP contribution < -0.4 is 5.14 Å². The largest absolute Gasteiger partial charge is 0.464 e. The monoisotopic (exact) mass is 274 g/mol. The second kappa shape index (κ2) is 6.01. The molecule has 6 nitrogen and oxygen atoms in total. The van der Waals surface area contributed by atoms with Gasteiger partial charge in [0.15, 0.2) is 0 Å². The van der Waals surface area contributed by atoms with Crippen LogP contribution in [0.2, 0.25) is 0 Å². The summed E-state index contributed by atoms with van der Waals surface area (Å²) in [6, 6.07) is 3.64. The lowest BCUT2D eigenvalue weighted by Crippen LogP contribution is -2.26. The van der Waals surface area contributed by atoms with Crippen LogP contribution in [-0.2, 0) is 21.4 Å². The minimum Gasteiger partial charge on any atom is -0.464 e. The number of amides is 1. The molecule has 0 spiro atoms. The van der Waals surface area contributed by atoms with E-state index in [9.17, 15) is 13.2 Å². The number of hydrogen-bond acceptors (Lipinski definition) is 4. The van der Waals surface area contributed by atoms with Gasteiger partial charge in [0.2, 0.25) is 15.9 Å². The molecule has 0 unspecified atom stereocenters. The van der Waals surface area contributed by atoms with Crippen molar-refractivity contribution in [2.75, 3.05) is 12.8 Å². The highest BCUT2D eigenvalue weighted by Crippen LogP contribution is 2.09. The number of carbonyl (C=O) groups is 1. The molecule has 1 amide bonds. The third-order valence-electron chi connectivity index (χ3n) is 2.43. The maximum absolute atomic E-state index is 11.7. The van der Waals surface area contributed by atoms with E-state index in [4.69, 9.17) is 9.56 Å². The fourth-order valence-corrected chi connectivity index (χ4v) is 2.05. The molecule has 1 rings (SSSR count). The summed E-state index contributed by atoms with van der Waals surface area (Å²) in [5.74, 6) is 1.19. The van der Waals surface area contributed by atoms with Gasteiger partial charge in [0.05, 0.1) is 12.3 Å². The van der Waals surface area contributed by atoms with Gasteiger partial charge >= 0.3 is 0 Å². The molecule has 102 valence electrons. The Labute approximate surface area is 107 Å². The Hall–Kier alpha value is -1.34. The molecule has 1 heterocycles. The molecule has 0 aliphatic heterocycles. The van der Waals surface area contributed by atoms with E-state index in [1.165, 1.54) is 4.90 Å². The number of carbonyl (C=O) groups excluding carboxylic acids is 1. The summed E-state index contributed by atoms with van der Waals surface area (Å²) in [4.78, 5) is 13.2. The summed E-state index contributed by atoms with van der Waals surface area (Å²) in [5, 5.41) is 4.86. The smallest absolute Gasteiger partial charge is 0.222 e. The Morgan fingerprint density at radius 3 is 2.61 bits per heavy atom. The highest BCUT2D eigenvalue weighted by molar-refractivity contribution is 7.89. The standard InChI is InChI=1S/C11H18N2O4S/c1-9-5-6-10(17-9)8-13(2)11(14)4-3-7-18(12,15)16/h5-6H,3-4,7-8H2,1-2H3,(H2,12,15,16). The number of hydrogen-bond donors (Lipinski definition) is 1. The molecule has 7 heteroatoms. The Bertz CT molecular complexity index is 507. The molecular formula is C11H18N2O4S. The van der Waals surface area contributed by atoms with Crippen molar-refractivity contribution in [3.63, 3.8) is 0 Å². The molecule has 0 atom stereocenters. The van der Waals surface area contributed by atoms with Gasteiger partial charge in [-0.1, -0.05) is 0 Å². The van der Waals surface area contributed by atoms with Crippen LogP contribution in [0.15, 0.2) is 16.5 Å². The van der Waals surface area contributed by atoms with Gasteiger partial charge in [0.1, 0.15) is 11.5 Å². The number of nitrogens with two attached hydrogens (primary N) is 1. The molecule has 2 N–H and O–H groups in total. The van der Waals surface area contributed by atoms with Gasteiger partial charge in [0, 0.05) is 13.5 Å². The van der Waals surface area contributed by atoms with Crippen molar-refractivity contribution in [2.45, 2.75) is 26.3 Å². The summed E-state index contributed by atoms with van der Waals surface area (Å²) >= 11 is 0. The fourth-order valence-electron chi connectivity index (χ4n) is 1.51. The zero-order valence-electron chi connectivity index (χ0n) is 10.5. The van der Waals surface area contributed by atoms with Crippen LogP contribution in [0, 0.1) is 6.92 Å². The summed E-state index contributed by atoms with van der Waals surface area (Å²) < 4.78 is 26.8. The molecule has 1 aromatic rings. The van der Waals surface area contributed by atoms with E-state index < -0.39 is 10.0 Å². The molecule has 0 saturated carbocycles. The number of aryl methyl sites for hydroxylation is 1. The van der Waals surface area contributed by atoms with Crippen molar-refractivity contribution in [3.8, 4) is 0 Å². The molecule has 0 fully saturated rings. The van der Waals surface area contributed by atoms with Crippen LogP contribution in [0.25, 0.3) is 0 Å². The molecule has 1 aromatic heterocycles. The van der Waals surface area contributed by atoms with Gasteiger partial charge in [-0.3, -0.25) is 4.79 Å². The number of rotatable bonds is 6. The second-order valence-electron chi connectivity index (χ2n) is 4.23. The van der Waals surface area contributed by atoms with Crippen LogP contribution in [-0.4, -0.2) is 32.0 Å². The van der Waals surface area contributed by atoms with E-state index in [1.807, 2.05) is 19.1 Å². The Morgan fingerprint density at radius 2 is 2.11 bits per heavy atom. The van der Waals surface area contributed by atoms with E-state index in [0.717, 1.165) is 5.76 Å². The van der Waals surface area contributed by atoms with Gasteiger partial charge in [-0.05, 0) is 25.5 Å². The van der Waals surface area contributed by atoms with Gasteiger partial charge in [-0.15, -0.1) is 0 Å². The van der Waals surface area contributed by atoms with Crippen LogP contribution in [0.3, 0.4) is 0 Å². The Morgan fingerprint density at radius 1 is 1.44 bits per heavy atom. The van der Waals surface area contributed by atoms with Crippen LogP contribution in [0.5, 0.6) is 0 Å². The van der Waals surface area contributed by atoms with Crippen LogP contribution in [0.4, 0.5) is 0 Å². The van der Waals surface area contributed by atoms with E-state index in [1.54, 1.807) is 7.05 Å². The summed E-state index contributed by atoms with van der Waals surface area (Å²) in [6.07, 6.45) is 0.395. The van der Waals surface area contributed by atoms with Gasteiger partial charge in [-0.25, -0.2) is 13.6 Å². The predicted molar refractivity (Wildman–Crippen MR) is 67.1 cm³/mol. The molecule has 0 saturated heterocycles. The van der Waals surface area contributed by atoms with Gasteiger partial charge in [0.25, 0.3) is 0 Å². The minimum atomic E-state index is -3.49. The van der Waals surface area contributed by atoms with Crippen LogP contribution in [0.1, 0.15) is 24.4 Å². The molecule has 18 heavy (non-hydrogen) atoms. The average Bonchev–Trinajstić information content (AvgIpc) is 2.61.